The number of hydrogen-bond donors (Lipinski definition) is 0. The molecule has 1 aromatic carbocycles. The monoisotopic (exact) mass is 322 g/mol. The minimum absolute atomic E-state index is 0.0301. The van der Waals surface area contributed by atoms with Crippen LogP contribution in [0.25, 0.3) is 0 Å². The van der Waals surface area contributed by atoms with Crippen LogP contribution in [0.15, 0.2) is 12.1 Å². The number of methoxy groups -OCH3 is 1. The molecule has 0 aliphatic carbocycles. The molecule has 0 unspecified atom stereocenters. The number of piperidine rings is 1. The van der Waals surface area contributed by atoms with Gasteiger partial charge in [-0.1, -0.05) is 0 Å². The van der Waals surface area contributed by atoms with Gasteiger partial charge in [0.1, 0.15) is 11.4 Å². The normalized spacial score (nSPS) is 16.7. The molecule has 1 aliphatic rings. The van der Waals surface area contributed by atoms with E-state index in [9.17, 15) is 27.7 Å². The Kier molecular flexibility index (Phi) is 4.43. The molecule has 0 spiro atoms. The quantitative estimate of drug-likeness (QED) is 0.485. The van der Waals surface area contributed by atoms with Gasteiger partial charge in [-0.15, -0.1) is 0 Å². The van der Waals surface area contributed by atoms with Crippen molar-refractivity contribution in [2.75, 3.05) is 25.1 Å². The molecule has 1 aromatic rings. The van der Waals surface area contributed by atoms with Crippen LogP contribution in [0, 0.1) is 21.8 Å². The number of nitrogens with zero attached hydrogens (tertiary/aromatic N) is 2. The Morgan fingerprint density at radius 3 is 2.36 bits per heavy atom. The number of benzene rings is 1. The summed E-state index contributed by atoms with van der Waals surface area (Å²) in [5.41, 5.74) is -0.797. The van der Waals surface area contributed by atoms with E-state index in [1.165, 1.54) is 18.1 Å². The van der Waals surface area contributed by atoms with Crippen molar-refractivity contribution in [2.45, 2.75) is 19.0 Å². The van der Waals surface area contributed by atoms with E-state index in [1.54, 1.807) is 0 Å². The second-order valence-electron chi connectivity index (χ2n) is 5.04. The lowest BCUT2D eigenvalue weighted by atomic mass is 9.95. The summed E-state index contributed by atoms with van der Waals surface area (Å²) in [7, 11) is 1.28. The van der Waals surface area contributed by atoms with Gasteiger partial charge in [-0.2, -0.15) is 17.6 Å². The molecule has 22 heavy (non-hydrogen) atoms. The summed E-state index contributed by atoms with van der Waals surface area (Å²) in [6.45, 7) is -0.0603. The molecule has 0 amide bonds. The molecule has 0 bridgehead atoms. The zero-order valence-electron chi connectivity index (χ0n) is 11.7. The molecule has 0 atom stereocenters. The summed E-state index contributed by atoms with van der Waals surface area (Å²) in [6.07, 6.45) is -4.64. The average Bonchev–Trinajstić information content (AvgIpc) is 2.45. The highest BCUT2D eigenvalue weighted by molar-refractivity contribution is 5.66. The molecule has 1 saturated heterocycles. The van der Waals surface area contributed by atoms with E-state index in [0.717, 1.165) is 6.07 Å². The summed E-state index contributed by atoms with van der Waals surface area (Å²) in [6, 6.07) is 2.15. The predicted octanol–water partition coefficient (Wildman–Crippen LogP) is 3.52. The molecule has 0 N–H and O–H groups in total. The van der Waals surface area contributed by atoms with E-state index in [-0.39, 0.29) is 37.4 Å². The van der Waals surface area contributed by atoms with Crippen LogP contribution >= 0.6 is 0 Å². The third kappa shape index (κ3) is 3.23. The smallest absolute Gasteiger partial charge is 0.391 e. The van der Waals surface area contributed by atoms with Gasteiger partial charge in [0.25, 0.3) is 0 Å². The number of alkyl halides is 3. The SMILES string of the molecule is COc1cc(F)c([N+](=O)[O-])c(N2CCC(C(F)(F)F)CC2)c1. The lowest BCUT2D eigenvalue weighted by molar-refractivity contribution is -0.386. The predicted molar refractivity (Wildman–Crippen MR) is 70.6 cm³/mol. The minimum atomic E-state index is -4.28. The maximum absolute atomic E-state index is 13.8. The first kappa shape index (κ1) is 16.3. The van der Waals surface area contributed by atoms with Gasteiger partial charge in [0.05, 0.1) is 18.0 Å². The van der Waals surface area contributed by atoms with Crippen LogP contribution in [0.5, 0.6) is 5.75 Å². The lowest BCUT2D eigenvalue weighted by Crippen LogP contribution is -2.39. The Labute approximate surface area is 123 Å². The number of ether oxygens (including phenoxy) is 1. The van der Waals surface area contributed by atoms with Gasteiger partial charge in [-0.05, 0) is 12.8 Å². The molecular formula is C13H14F4N2O3. The second kappa shape index (κ2) is 5.98. The first-order valence-electron chi connectivity index (χ1n) is 6.57. The van der Waals surface area contributed by atoms with Gasteiger partial charge in [-0.25, -0.2) is 0 Å². The molecule has 2 rings (SSSR count). The Morgan fingerprint density at radius 1 is 1.32 bits per heavy atom. The maximum atomic E-state index is 13.8. The van der Waals surface area contributed by atoms with E-state index < -0.39 is 28.5 Å². The molecule has 1 heterocycles. The number of rotatable bonds is 3. The summed E-state index contributed by atoms with van der Waals surface area (Å²) < 4.78 is 56.7. The summed E-state index contributed by atoms with van der Waals surface area (Å²) >= 11 is 0. The van der Waals surface area contributed by atoms with Crippen molar-refractivity contribution < 1.29 is 27.2 Å². The topological polar surface area (TPSA) is 55.6 Å². The van der Waals surface area contributed by atoms with Crippen molar-refractivity contribution >= 4 is 11.4 Å². The Morgan fingerprint density at radius 2 is 1.91 bits per heavy atom. The highest BCUT2D eigenvalue weighted by Crippen LogP contribution is 2.40. The number of nitro groups is 1. The van der Waals surface area contributed by atoms with Gasteiger partial charge in [0.15, 0.2) is 0 Å². The Hall–Kier alpha value is -2.06. The van der Waals surface area contributed by atoms with Crippen LogP contribution in [0.2, 0.25) is 0 Å². The maximum Gasteiger partial charge on any atom is 0.391 e. The minimum Gasteiger partial charge on any atom is -0.497 e. The van der Waals surface area contributed by atoms with Gasteiger partial charge in [0, 0.05) is 25.2 Å². The van der Waals surface area contributed by atoms with Crippen LogP contribution in [0.1, 0.15) is 12.8 Å². The molecule has 1 fully saturated rings. The lowest BCUT2D eigenvalue weighted by Gasteiger charge is -2.34. The fraction of sp³-hybridized carbons (Fsp3) is 0.538. The zero-order valence-corrected chi connectivity index (χ0v) is 11.7. The standard InChI is InChI=1S/C13H14F4N2O3/c1-22-9-6-10(14)12(19(20)21)11(7-9)18-4-2-8(3-5-18)13(15,16)17/h6-8H,2-5H2,1H3. The van der Waals surface area contributed by atoms with Crippen molar-refractivity contribution in [2.24, 2.45) is 5.92 Å². The fourth-order valence-corrected chi connectivity index (χ4v) is 2.55. The van der Waals surface area contributed by atoms with Gasteiger partial charge < -0.3 is 9.64 Å². The highest BCUT2D eigenvalue weighted by Gasteiger charge is 2.42. The van der Waals surface area contributed by atoms with Gasteiger partial charge in [-0.3, -0.25) is 10.1 Å². The van der Waals surface area contributed by atoms with E-state index in [4.69, 9.17) is 4.74 Å². The van der Waals surface area contributed by atoms with Crippen LogP contribution in [-0.4, -0.2) is 31.3 Å². The molecule has 0 saturated carbocycles. The molecule has 0 radical (unpaired) electrons. The number of nitro benzene ring substituents is 1. The van der Waals surface area contributed by atoms with Gasteiger partial charge in [0.2, 0.25) is 5.82 Å². The van der Waals surface area contributed by atoms with E-state index in [1.807, 2.05) is 0 Å². The van der Waals surface area contributed by atoms with E-state index >= 15 is 0 Å². The largest absolute Gasteiger partial charge is 0.497 e. The zero-order chi connectivity index (χ0) is 16.5. The Balaban J connectivity index is 2.29. The average molecular weight is 322 g/mol. The van der Waals surface area contributed by atoms with Crippen molar-refractivity contribution in [3.8, 4) is 5.75 Å². The van der Waals surface area contributed by atoms with Crippen molar-refractivity contribution in [1.29, 1.82) is 0 Å². The fourth-order valence-electron chi connectivity index (χ4n) is 2.55. The van der Waals surface area contributed by atoms with Crippen molar-refractivity contribution in [1.82, 2.24) is 0 Å². The van der Waals surface area contributed by atoms with Crippen LogP contribution in [-0.2, 0) is 0 Å². The van der Waals surface area contributed by atoms with E-state index in [0.29, 0.717) is 0 Å². The molecule has 122 valence electrons. The Bertz CT molecular complexity index is 569. The molecule has 1 aliphatic heterocycles. The first-order chi connectivity index (χ1) is 10.2. The number of hydrogen-bond acceptors (Lipinski definition) is 4. The number of halogens is 4. The van der Waals surface area contributed by atoms with Crippen LogP contribution < -0.4 is 9.64 Å². The molecule has 0 aromatic heterocycles. The van der Waals surface area contributed by atoms with Crippen molar-refractivity contribution in [3.63, 3.8) is 0 Å². The third-order valence-corrected chi connectivity index (χ3v) is 3.73. The summed E-state index contributed by atoms with van der Waals surface area (Å²) in [5.74, 6) is -2.42. The molecule has 9 heteroatoms. The van der Waals surface area contributed by atoms with Gasteiger partial charge >= 0.3 is 11.9 Å². The van der Waals surface area contributed by atoms with Crippen molar-refractivity contribution in [3.05, 3.63) is 28.1 Å². The second-order valence-corrected chi connectivity index (χ2v) is 5.04. The highest BCUT2D eigenvalue weighted by atomic mass is 19.4. The molecule has 5 nitrogen and oxygen atoms in total. The number of anilines is 1. The third-order valence-electron chi connectivity index (χ3n) is 3.73. The summed E-state index contributed by atoms with van der Waals surface area (Å²) in [5, 5.41) is 11.0. The summed E-state index contributed by atoms with van der Waals surface area (Å²) in [4.78, 5) is 11.5. The van der Waals surface area contributed by atoms with E-state index in [2.05, 4.69) is 0 Å². The molecular weight excluding hydrogens is 308 g/mol. The first-order valence-corrected chi connectivity index (χ1v) is 6.57. The van der Waals surface area contributed by atoms with Crippen LogP contribution in [0.4, 0.5) is 28.9 Å². The van der Waals surface area contributed by atoms with Crippen LogP contribution in [0.3, 0.4) is 0 Å².